The summed E-state index contributed by atoms with van der Waals surface area (Å²) in [4.78, 5) is 0. The van der Waals surface area contributed by atoms with Gasteiger partial charge in [-0.2, -0.15) is 0 Å². The van der Waals surface area contributed by atoms with Crippen LogP contribution in [-0.2, 0) is 4.74 Å². The summed E-state index contributed by atoms with van der Waals surface area (Å²) in [5.74, 6) is 1.24. The Bertz CT molecular complexity index is 871. The van der Waals surface area contributed by atoms with Crippen LogP contribution in [0.15, 0.2) is 102 Å². The largest absolute Gasteiger partial charge is 1.00 e. The van der Waals surface area contributed by atoms with Crippen LogP contribution in [0.3, 0.4) is 0 Å². The van der Waals surface area contributed by atoms with Crippen molar-refractivity contribution in [2.75, 3.05) is 0 Å². The fourth-order valence-corrected chi connectivity index (χ4v) is 9.39. The molecule has 3 aromatic carbocycles. The fourth-order valence-electron chi connectivity index (χ4n) is 4.67. The molecule has 0 bridgehead atoms. The van der Waals surface area contributed by atoms with Gasteiger partial charge >= 0.3 is 0 Å². The van der Waals surface area contributed by atoms with Gasteiger partial charge in [0.15, 0.2) is 0 Å². The molecule has 0 aliphatic heterocycles. The summed E-state index contributed by atoms with van der Waals surface area (Å²) in [6.45, 7) is 4.31. The minimum absolute atomic E-state index is 0. The summed E-state index contributed by atoms with van der Waals surface area (Å²) in [5, 5.41) is 5.80. The lowest BCUT2D eigenvalue weighted by Crippen LogP contribution is -3.00. The van der Waals surface area contributed by atoms with Crippen LogP contribution < -0.4 is 39.9 Å². The molecular formula is C28H32IOP. The summed E-state index contributed by atoms with van der Waals surface area (Å²) in [5.41, 5.74) is 0. The summed E-state index contributed by atoms with van der Waals surface area (Å²) in [7, 11) is -2.01. The first kappa shape index (κ1) is 24.0. The van der Waals surface area contributed by atoms with E-state index in [1.165, 1.54) is 46.2 Å². The van der Waals surface area contributed by atoms with Crippen LogP contribution in [-0.4, -0.2) is 6.10 Å². The number of allylic oxidation sites excluding steroid dienone is 2. The van der Waals surface area contributed by atoms with Gasteiger partial charge in [0.05, 0.1) is 6.10 Å². The zero-order chi connectivity index (χ0) is 20.8. The third-order valence-electron chi connectivity index (χ3n) is 5.85. The van der Waals surface area contributed by atoms with E-state index in [1.54, 1.807) is 0 Å². The SMILES string of the molecule is CC(C)OC1=C([P+](c2ccccc2)(c2ccccc2)c2ccccc2)CCCCC1.[I-]. The van der Waals surface area contributed by atoms with Crippen LogP contribution in [0.25, 0.3) is 0 Å². The lowest BCUT2D eigenvalue weighted by atomic mass is 10.2. The first-order chi connectivity index (χ1) is 14.7. The smallest absolute Gasteiger partial charge is 0.143 e. The summed E-state index contributed by atoms with van der Waals surface area (Å²) in [6, 6.07) is 33.5. The number of halogens is 1. The second-order valence-electron chi connectivity index (χ2n) is 8.27. The molecule has 0 N–H and O–H groups in total. The van der Waals surface area contributed by atoms with Crippen molar-refractivity contribution in [2.45, 2.75) is 52.1 Å². The molecule has 0 saturated carbocycles. The molecule has 1 nitrogen and oxygen atoms in total. The van der Waals surface area contributed by atoms with Crippen LogP contribution in [0, 0.1) is 0 Å². The number of hydrogen-bond acceptors (Lipinski definition) is 1. The van der Waals surface area contributed by atoms with Gasteiger partial charge in [0.1, 0.15) is 34.2 Å². The quantitative estimate of drug-likeness (QED) is 0.342. The number of hydrogen-bond donors (Lipinski definition) is 0. The predicted molar refractivity (Wildman–Crippen MR) is 131 cm³/mol. The maximum Gasteiger partial charge on any atom is 0.143 e. The molecule has 0 spiro atoms. The highest BCUT2D eigenvalue weighted by Gasteiger charge is 2.51. The van der Waals surface area contributed by atoms with Gasteiger partial charge < -0.3 is 28.7 Å². The van der Waals surface area contributed by atoms with Gasteiger partial charge in [0.2, 0.25) is 0 Å². The van der Waals surface area contributed by atoms with Crippen LogP contribution >= 0.6 is 7.26 Å². The van der Waals surface area contributed by atoms with Gasteiger partial charge in [0, 0.05) is 12.8 Å². The topological polar surface area (TPSA) is 9.23 Å². The van der Waals surface area contributed by atoms with E-state index in [2.05, 4.69) is 105 Å². The van der Waals surface area contributed by atoms with Crippen molar-refractivity contribution < 1.29 is 28.7 Å². The maximum atomic E-state index is 6.56. The Kier molecular flexibility index (Phi) is 8.75. The summed E-state index contributed by atoms with van der Waals surface area (Å²) in [6.07, 6.45) is 6.05. The number of benzene rings is 3. The van der Waals surface area contributed by atoms with Gasteiger partial charge in [-0.05, 0) is 63.1 Å². The molecule has 0 saturated heterocycles. The Morgan fingerprint density at radius 1 is 0.613 bits per heavy atom. The van der Waals surface area contributed by atoms with E-state index in [0.717, 1.165) is 12.8 Å². The Hall–Kier alpha value is -1.64. The molecule has 0 atom stereocenters. The fraction of sp³-hybridized carbons (Fsp3) is 0.286. The molecule has 3 aromatic rings. The highest BCUT2D eigenvalue weighted by molar-refractivity contribution is 7.99. The van der Waals surface area contributed by atoms with E-state index in [1.807, 2.05) is 0 Å². The van der Waals surface area contributed by atoms with Crippen molar-refractivity contribution in [1.82, 2.24) is 0 Å². The molecule has 0 aromatic heterocycles. The molecule has 0 unspecified atom stereocenters. The van der Waals surface area contributed by atoms with Gasteiger partial charge in [-0.25, -0.2) is 0 Å². The van der Waals surface area contributed by atoms with Crippen molar-refractivity contribution in [3.05, 3.63) is 102 Å². The monoisotopic (exact) mass is 542 g/mol. The molecule has 1 aliphatic carbocycles. The zero-order valence-electron chi connectivity index (χ0n) is 18.5. The highest BCUT2D eigenvalue weighted by atomic mass is 127. The third-order valence-corrected chi connectivity index (χ3v) is 10.4. The lowest BCUT2D eigenvalue weighted by molar-refractivity contribution is -0.00000815. The highest BCUT2D eigenvalue weighted by Crippen LogP contribution is 2.65. The Balaban J connectivity index is 0.00000272. The Morgan fingerprint density at radius 2 is 1.03 bits per heavy atom. The van der Waals surface area contributed by atoms with E-state index in [0.29, 0.717) is 0 Å². The van der Waals surface area contributed by atoms with Crippen LogP contribution in [0.1, 0.15) is 46.0 Å². The maximum absolute atomic E-state index is 6.56. The van der Waals surface area contributed by atoms with E-state index in [-0.39, 0.29) is 30.1 Å². The van der Waals surface area contributed by atoms with Crippen molar-refractivity contribution >= 4 is 23.2 Å². The number of ether oxygens (including phenoxy) is 1. The molecule has 162 valence electrons. The molecule has 0 amide bonds. The minimum atomic E-state index is -2.01. The summed E-state index contributed by atoms with van der Waals surface area (Å²) >= 11 is 0. The molecule has 0 radical (unpaired) electrons. The Morgan fingerprint density at radius 3 is 1.45 bits per heavy atom. The van der Waals surface area contributed by atoms with Gasteiger partial charge in [-0.15, -0.1) is 0 Å². The van der Waals surface area contributed by atoms with E-state index >= 15 is 0 Å². The average Bonchev–Trinajstić information content (AvgIpc) is 3.02. The lowest BCUT2D eigenvalue weighted by Gasteiger charge is -2.31. The van der Waals surface area contributed by atoms with Gasteiger partial charge in [-0.3, -0.25) is 0 Å². The zero-order valence-corrected chi connectivity index (χ0v) is 21.6. The standard InChI is InChI=1S/C28H32OP.HI/c1-23(2)29-27-21-13-6-14-22-28(27)30(24-15-7-3-8-16-24,25-17-9-4-10-18-25)26-19-11-5-12-20-26;/h3-5,7-12,15-20,23H,6,13-14,21-22H2,1-2H3;1H/q+1;/p-1. The molecule has 3 heteroatoms. The van der Waals surface area contributed by atoms with Crippen LogP contribution in [0.5, 0.6) is 0 Å². The van der Waals surface area contributed by atoms with Gasteiger partial charge in [0.25, 0.3) is 0 Å². The predicted octanol–water partition coefficient (Wildman–Crippen LogP) is 3.59. The number of rotatable bonds is 6. The van der Waals surface area contributed by atoms with Crippen LogP contribution in [0.2, 0.25) is 0 Å². The molecular weight excluding hydrogens is 510 g/mol. The van der Waals surface area contributed by atoms with E-state index in [9.17, 15) is 0 Å². The first-order valence-corrected chi connectivity index (χ1v) is 13.0. The van der Waals surface area contributed by atoms with E-state index in [4.69, 9.17) is 4.74 Å². The second-order valence-corrected chi connectivity index (χ2v) is 11.7. The van der Waals surface area contributed by atoms with Crippen molar-refractivity contribution in [3.63, 3.8) is 0 Å². The van der Waals surface area contributed by atoms with Gasteiger partial charge in [-0.1, -0.05) is 61.0 Å². The van der Waals surface area contributed by atoms with Crippen molar-refractivity contribution in [3.8, 4) is 0 Å². The minimum Gasteiger partial charge on any atom is -1.00 e. The molecule has 31 heavy (non-hydrogen) atoms. The molecule has 0 heterocycles. The second kappa shape index (κ2) is 11.3. The molecule has 0 fully saturated rings. The molecule has 1 aliphatic rings. The van der Waals surface area contributed by atoms with E-state index < -0.39 is 7.26 Å². The van der Waals surface area contributed by atoms with Crippen molar-refractivity contribution in [1.29, 1.82) is 0 Å². The first-order valence-electron chi connectivity index (χ1n) is 11.2. The normalized spacial score (nSPS) is 14.7. The summed E-state index contributed by atoms with van der Waals surface area (Å²) < 4.78 is 6.56. The van der Waals surface area contributed by atoms with Crippen molar-refractivity contribution in [2.24, 2.45) is 0 Å². The third kappa shape index (κ3) is 5.07. The average molecular weight is 542 g/mol. The Labute approximate surface area is 205 Å². The molecule has 4 rings (SSSR count). The van der Waals surface area contributed by atoms with Crippen LogP contribution in [0.4, 0.5) is 0 Å².